The molecular weight excluding hydrogens is 432 g/mol. The summed E-state index contributed by atoms with van der Waals surface area (Å²) < 4.78 is 1.44. The summed E-state index contributed by atoms with van der Waals surface area (Å²) in [6.07, 6.45) is 1.10. The van der Waals surface area contributed by atoms with Crippen LogP contribution in [0.4, 0.5) is 11.4 Å². The van der Waals surface area contributed by atoms with Gasteiger partial charge >= 0.3 is 0 Å². The molecule has 0 radical (unpaired) electrons. The molecule has 1 heterocycles. The molecule has 0 bridgehead atoms. The fourth-order valence-corrected chi connectivity index (χ4v) is 3.91. The first-order valence-corrected chi connectivity index (χ1v) is 10.9. The van der Waals surface area contributed by atoms with Gasteiger partial charge in [0, 0.05) is 24.8 Å². The van der Waals surface area contributed by atoms with Crippen molar-refractivity contribution >= 4 is 28.2 Å². The average molecular weight is 457 g/mol. The molecule has 3 N–H and O–H groups in total. The van der Waals surface area contributed by atoms with Crippen LogP contribution in [0.2, 0.25) is 0 Å². The van der Waals surface area contributed by atoms with E-state index in [1.165, 1.54) is 16.7 Å². The molecule has 0 saturated heterocycles. The first-order valence-electron chi connectivity index (χ1n) is 10.9. The molecule has 0 aliphatic rings. The lowest BCUT2D eigenvalue weighted by Gasteiger charge is -2.14. The van der Waals surface area contributed by atoms with Crippen molar-refractivity contribution in [1.82, 2.24) is 9.88 Å². The Morgan fingerprint density at radius 1 is 0.941 bits per heavy atom. The Morgan fingerprint density at radius 3 is 2.35 bits per heavy atom. The average Bonchev–Trinajstić information content (AvgIpc) is 2.84. The minimum Gasteiger partial charge on any atom is -0.399 e. The molecule has 0 aliphatic heterocycles. The highest BCUT2D eigenvalue weighted by molar-refractivity contribution is 5.99. The highest BCUT2D eigenvalue weighted by atomic mass is 16.6. The fourth-order valence-electron chi connectivity index (χ4n) is 3.91. The van der Waals surface area contributed by atoms with Crippen LogP contribution in [0, 0.1) is 10.1 Å². The number of rotatable bonds is 8. The standard InChI is InChI=1S/C26H24N4O4/c27-20-11-9-19(10-12-20)14-16-29-23-7-4-8-24(30(33)34)21(23)17-22(26(29)32)25(31)28-15-13-18-5-2-1-3-6-18/h1-12,17H,13-16,27H2,(H,28,31). The lowest BCUT2D eigenvalue weighted by Crippen LogP contribution is -2.34. The van der Waals surface area contributed by atoms with E-state index in [1.807, 2.05) is 42.5 Å². The lowest BCUT2D eigenvalue weighted by atomic mass is 10.1. The predicted molar refractivity (Wildman–Crippen MR) is 132 cm³/mol. The van der Waals surface area contributed by atoms with Gasteiger partial charge in [0.2, 0.25) is 0 Å². The van der Waals surface area contributed by atoms with Crippen LogP contribution in [-0.4, -0.2) is 21.9 Å². The van der Waals surface area contributed by atoms with Crippen LogP contribution < -0.4 is 16.6 Å². The number of nitrogens with zero attached hydrogens (tertiary/aromatic N) is 2. The monoisotopic (exact) mass is 456 g/mol. The van der Waals surface area contributed by atoms with E-state index in [0.717, 1.165) is 11.1 Å². The highest BCUT2D eigenvalue weighted by Crippen LogP contribution is 2.25. The lowest BCUT2D eigenvalue weighted by molar-refractivity contribution is -0.383. The van der Waals surface area contributed by atoms with E-state index in [1.54, 1.807) is 24.3 Å². The van der Waals surface area contributed by atoms with Crippen LogP contribution in [0.15, 0.2) is 83.7 Å². The molecule has 8 heteroatoms. The van der Waals surface area contributed by atoms with Gasteiger partial charge in [-0.15, -0.1) is 0 Å². The minimum atomic E-state index is -0.554. The zero-order valence-corrected chi connectivity index (χ0v) is 18.4. The Kier molecular flexibility index (Phi) is 6.68. The second kappa shape index (κ2) is 9.99. The Hall–Kier alpha value is -4.46. The molecule has 0 spiro atoms. The van der Waals surface area contributed by atoms with E-state index in [4.69, 9.17) is 5.73 Å². The van der Waals surface area contributed by atoms with Crippen molar-refractivity contribution in [3.63, 3.8) is 0 Å². The van der Waals surface area contributed by atoms with Gasteiger partial charge in [0.15, 0.2) is 0 Å². The molecule has 4 aromatic rings. The maximum absolute atomic E-state index is 13.3. The number of nitrogen functional groups attached to an aromatic ring is 1. The van der Waals surface area contributed by atoms with Gasteiger partial charge < -0.3 is 15.6 Å². The largest absolute Gasteiger partial charge is 0.399 e. The van der Waals surface area contributed by atoms with Crippen molar-refractivity contribution < 1.29 is 9.72 Å². The number of nitro groups is 1. The third kappa shape index (κ3) is 4.96. The Bertz CT molecular complexity index is 1400. The van der Waals surface area contributed by atoms with Gasteiger partial charge in [-0.3, -0.25) is 19.7 Å². The second-order valence-corrected chi connectivity index (χ2v) is 7.96. The van der Waals surface area contributed by atoms with Crippen molar-refractivity contribution in [2.45, 2.75) is 19.4 Å². The number of non-ortho nitro benzene ring substituents is 1. The van der Waals surface area contributed by atoms with Crippen LogP contribution in [-0.2, 0) is 19.4 Å². The van der Waals surface area contributed by atoms with E-state index in [0.29, 0.717) is 30.6 Å². The number of pyridine rings is 1. The van der Waals surface area contributed by atoms with Gasteiger partial charge in [-0.1, -0.05) is 48.5 Å². The summed E-state index contributed by atoms with van der Waals surface area (Å²) in [5, 5.41) is 14.7. The van der Waals surface area contributed by atoms with Crippen molar-refractivity contribution in [3.05, 3.63) is 116 Å². The number of amides is 1. The van der Waals surface area contributed by atoms with Crippen molar-refractivity contribution in [3.8, 4) is 0 Å². The van der Waals surface area contributed by atoms with Crippen LogP contribution in [0.3, 0.4) is 0 Å². The number of anilines is 1. The summed E-state index contributed by atoms with van der Waals surface area (Å²) in [6.45, 7) is 0.591. The molecule has 1 aromatic heterocycles. The number of hydrogen-bond donors (Lipinski definition) is 2. The van der Waals surface area contributed by atoms with E-state index in [9.17, 15) is 19.7 Å². The number of aromatic nitrogens is 1. The van der Waals surface area contributed by atoms with Gasteiger partial charge in [-0.05, 0) is 48.2 Å². The SMILES string of the molecule is Nc1ccc(CCn2c(=O)c(C(=O)NCCc3ccccc3)cc3c([N+](=O)[O-])cccc32)cc1. The number of hydrogen-bond acceptors (Lipinski definition) is 5. The molecule has 34 heavy (non-hydrogen) atoms. The predicted octanol–water partition coefficient (Wildman–Crippen LogP) is 3.71. The summed E-state index contributed by atoms with van der Waals surface area (Å²) in [6, 6.07) is 22.8. The third-order valence-corrected chi connectivity index (χ3v) is 5.70. The van der Waals surface area contributed by atoms with Crippen molar-refractivity contribution in [2.24, 2.45) is 0 Å². The normalized spacial score (nSPS) is 10.8. The van der Waals surface area contributed by atoms with Gasteiger partial charge in [0.1, 0.15) is 5.56 Å². The Morgan fingerprint density at radius 2 is 1.65 bits per heavy atom. The molecule has 0 atom stereocenters. The number of nitrogens with two attached hydrogens (primary N) is 1. The van der Waals surface area contributed by atoms with Crippen LogP contribution >= 0.6 is 0 Å². The second-order valence-electron chi connectivity index (χ2n) is 7.96. The molecule has 4 rings (SSSR count). The molecule has 172 valence electrons. The molecule has 0 saturated carbocycles. The van der Waals surface area contributed by atoms with Gasteiger partial charge in [0.25, 0.3) is 17.2 Å². The van der Waals surface area contributed by atoms with Crippen LogP contribution in [0.25, 0.3) is 10.9 Å². The van der Waals surface area contributed by atoms with Crippen molar-refractivity contribution in [2.75, 3.05) is 12.3 Å². The molecule has 0 unspecified atom stereocenters. The first kappa shape index (κ1) is 22.7. The molecule has 1 amide bonds. The third-order valence-electron chi connectivity index (χ3n) is 5.70. The maximum atomic E-state index is 13.3. The highest BCUT2D eigenvalue weighted by Gasteiger charge is 2.20. The van der Waals surface area contributed by atoms with Gasteiger partial charge in [-0.25, -0.2) is 0 Å². The van der Waals surface area contributed by atoms with E-state index >= 15 is 0 Å². The van der Waals surface area contributed by atoms with Crippen LogP contribution in [0.5, 0.6) is 0 Å². The zero-order chi connectivity index (χ0) is 24.1. The summed E-state index contributed by atoms with van der Waals surface area (Å²) in [4.78, 5) is 37.4. The number of carbonyl (C=O) groups excluding carboxylic acids is 1. The zero-order valence-electron chi connectivity index (χ0n) is 18.4. The van der Waals surface area contributed by atoms with Gasteiger partial charge in [-0.2, -0.15) is 0 Å². The first-order chi connectivity index (χ1) is 16.4. The Balaban J connectivity index is 1.67. The van der Waals surface area contributed by atoms with Crippen molar-refractivity contribution in [1.29, 1.82) is 0 Å². The van der Waals surface area contributed by atoms with Crippen LogP contribution in [0.1, 0.15) is 21.5 Å². The molecule has 8 nitrogen and oxygen atoms in total. The van der Waals surface area contributed by atoms with Gasteiger partial charge in [0.05, 0.1) is 15.8 Å². The number of carbonyl (C=O) groups is 1. The summed E-state index contributed by atoms with van der Waals surface area (Å²) in [5.74, 6) is -0.554. The van der Waals surface area contributed by atoms with E-state index in [-0.39, 0.29) is 23.2 Å². The quantitative estimate of drug-likeness (QED) is 0.238. The number of nitro benzene ring substituents is 1. The maximum Gasteiger partial charge on any atom is 0.278 e. The number of nitrogens with one attached hydrogen (secondary N) is 1. The molecular formula is C26H24N4O4. The molecule has 0 fully saturated rings. The van der Waals surface area contributed by atoms with E-state index in [2.05, 4.69) is 5.32 Å². The van der Waals surface area contributed by atoms with E-state index < -0.39 is 16.4 Å². The summed E-state index contributed by atoms with van der Waals surface area (Å²) >= 11 is 0. The Labute approximate surface area is 195 Å². The number of fused-ring (bicyclic) bond motifs is 1. The summed E-state index contributed by atoms with van der Waals surface area (Å²) in [7, 11) is 0. The topological polar surface area (TPSA) is 120 Å². The summed E-state index contributed by atoms with van der Waals surface area (Å²) in [5.41, 5.74) is 8.04. The molecule has 3 aromatic carbocycles. The smallest absolute Gasteiger partial charge is 0.278 e. The number of aryl methyl sites for hydroxylation is 2. The number of benzene rings is 3. The minimum absolute atomic E-state index is 0.118. The fraction of sp³-hybridized carbons (Fsp3) is 0.154. The molecule has 0 aliphatic carbocycles.